The highest BCUT2D eigenvalue weighted by Gasteiger charge is 2.14. The van der Waals surface area contributed by atoms with Crippen molar-refractivity contribution in [1.82, 2.24) is 0 Å². The van der Waals surface area contributed by atoms with E-state index in [1.165, 1.54) is 5.56 Å². The summed E-state index contributed by atoms with van der Waals surface area (Å²) in [7, 11) is 0. The Balaban J connectivity index is 2.73. The van der Waals surface area contributed by atoms with E-state index in [1.807, 2.05) is 24.3 Å². The maximum absolute atomic E-state index is 8.53. The van der Waals surface area contributed by atoms with Crippen LogP contribution in [-0.4, -0.2) is 12.0 Å². The Kier molecular flexibility index (Phi) is 4.20. The van der Waals surface area contributed by atoms with E-state index in [9.17, 15) is 0 Å². The minimum absolute atomic E-state index is 0.0922. The van der Waals surface area contributed by atoms with Gasteiger partial charge in [-0.2, -0.15) is 5.26 Å². The van der Waals surface area contributed by atoms with E-state index in [-0.39, 0.29) is 12.0 Å². The zero-order chi connectivity index (χ0) is 12.2. The number of nitriles is 1. The lowest BCUT2D eigenvalue weighted by Crippen LogP contribution is -2.12. The highest BCUT2D eigenvalue weighted by Crippen LogP contribution is 2.25. The van der Waals surface area contributed by atoms with E-state index < -0.39 is 5.38 Å². The standard InChI is InChI=1S/C13H16ClNO/c1-13(2,3)10-5-4-6-12(7-10)16-9-11(14)8-15/h4-7,11H,9H2,1-3H3. The summed E-state index contributed by atoms with van der Waals surface area (Å²) in [6.07, 6.45) is 0. The highest BCUT2D eigenvalue weighted by atomic mass is 35.5. The van der Waals surface area contributed by atoms with Crippen molar-refractivity contribution in [2.45, 2.75) is 31.6 Å². The molecule has 86 valence electrons. The summed E-state index contributed by atoms with van der Waals surface area (Å²) in [6.45, 7) is 6.65. The van der Waals surface area contributed by atoms with Crippen LogP contribution in [0.1, 0.15) is 26.3 Å². The molecule has 16 heavy (non-hydrogen) atoms. The van der Waals surface area contributed by atoms with Crippen LogP contribution in [0.4, 0.5) is 0 Å². The summed E-state index contributed by atoms with van der Waals surface area (Å²) in [5.74, 6) is 0.758. The summed E-state index contributed by atoms with van der Waals surface area (Å²) >= 11 is 5.66. The van der Waals surface area contributed by atoms with Crippen molar-refractivity contribution in [3.63, 3.8) is 0 Å². The lowest BCUT2D eigenvalue weighted by Gasteiger charge is -2.19. The lowest BCUT2D eigenvalue weighted by molar-refractivity contribution is 0.328. The Morgan fingerprint density at radius 2 is 2.12 bits per heavy atom. The fourth-order valence-corrected chi connectivity index (χ4v) is 1.32. The molecule has 0 saturated heterocycles. The molecule has 1 unspecified atom stereocenters. The molecule has 2 nitrogen and oxygen atoms in total. The van der Waals surface area contributed by atoms with Crippen molar-refractivity contribution in [2.24, 2.45) is 0 Å². The molecule has 0 heterocycles. The second-order valence-electron chi connectivity index (χ2n) is 4.69. The zero-order valence-electron chi connectivity index (χ0n) is 9.83. The molecule has 0 radical (unpaired) electrons. The van der Waals surface area contributed by atoms with Gasteiger partial charge in [0.05, 0.1) is 6.07 Å². The molecule has 1 atom stereocenters. The molecule has 0 aliphatic heterocycles. The van der Waals surface area contributed by atoms with Crippen LogP contribution >= 0.6 is 11.6 Å². The Labute approximate surface area is 102 Å². The molecule has 1 rings (SSSR count). The second-order valence-corrected chi connectivity index (χ2v) is 5.21. The largest absolute Gasteiger partial charge is 0.491 e. The van der Waals surface area contributed by atoms with Crippen LogP contribution < -0.4 is 4.74 Å². The third-order valence-electron chi connectivity index (χ3n) is 2.24. The molecule has 0 saturated carbocycles. The SMILES string of the molecule is CC(C)(C)c1cccc(OCC(Cl)C#N)c1. The molecule has 0 amide bonds. The number of hydrogen-bond acceptors (Lipinski definition) is 2. The molecule has 3 heteroatoms. The van der Waals surface area contributed by atoms with Crippen molar-refractivity contribution in [1.29, 1.82) is 5.26 Å². The van der Waals surface area contributed by atoms with Crippen LogP contribution in [0.3, 0.4) is 0 Å². The molecular weight excluding hydrogens is 222 g/mol. The summed E-state index contributed by atoms with van der Waals surface area (Å²) in [5.41, 5.74) is 1.29. The summed E-state index contributed by atoms with van der Waals surface area (Å²) in [5, 5.41) is 7.94. The minimum Gasteiger partial charge on any atom is -0.491 e. The van der Waals surface area contributed by atoms with Gasteiger partial charge in [0.25, 0.3) is 0 Å². The summed E-state index contributed by atoms with van der Waals surface area (Å²) in [6, 6.07) is 9.79. The van der Waals surface area contributed by atoms with Crippen LogP contribution in [0.25, 0.3) is 0 Å². The van der Waals surface area contributed by atoms with Gasteiger partial charge < -0.3 is 4.74 Å². The van der Waals surface area contributed by atoms with Gasteiger partial charge in [-0.15, -0.1) is 11.6 Å². The van der Waals surface area contributed by atoms with Crippen LogP contribution in [0.2, 0.25) is 0 Å². The van der Waals surface area contributed by atoms with E-state index in [0.29, 0.717) is 0 Å². The first-order chi connectivity index (χ1) is 7.43. The van der Waals surface area contributed by atoms with E-state index in [0.717, 1.165) is 5.75 Å². The van der Waals surface area contributed by atoms with Crippen molar-refractivity contribution in [3.8, 4) is 11.8 Å². The van der Waals surface area contributed by atoms with Crippen LogP contribution in [-0.2, 0) is 5.41 Å². The van der Waals surface area contributed by atoms with Crippen LogP contribution in [0, 0.1) is 11.3 Å². The monoisotopic (exact) mass is 237 g/mol. The molecule has 0 fully saturated rings. The number of nitrogens with zero attached hydrogens (tertiary/aromatic N) is 1. The molecule has 0 spiro atoms. The quantitative estimate of drug-likeness (QED) is 0.754. The molecule has 0 aliphatic rings. The van der Waals surface area contributed by atoms with Gasteiger partial charge in [0, 0.05) is 0 Å². The number of halogens is 1. The van der Waals surface area contributed by atoms with E-state index in [2.05, 4.69) is 26.8 Å². The summed E-state index contributed by atoms with van der Waals surface area (Å²) < 4.78 is 5.44. The van der Waals surface area contributed by atoms with E-state index in [1.54, 1.807) is 0 Å². The summed E-state index contributed by atoms with van der Waals surface area (Å²) in [4.78, 5) is 0. The average molecular weight is 238 g/mol. The molecule has 0 aliphatic carbocycles. The van der Waals surface area contributed by atoms with Crippen LogP contribution in [0.15, 0.2) is 24.3 Å². The van der Waals surface area contributed by atoms with Gasteiger partial charge in [-0.25, -0.2) is 0 Å². The van der Waals surface area contributed by atoms with Gasteiger partial charge in [-0.3, -0.25) is 0 Å². The van der Waals surface area contributed by atoms with Gasteiger partial charge >= 0.3 is 0 Å². The van der Waals surface area contributed by atoms with Crippen molar-refractivity contribution < 1.29 is 4.74 Å². The predicted octanol–water partition coefficient (Wildman–Crippen LogP) is 3.49. The van der Waals surface area contributed by atoms with E-state index in [4.69, 9.17) is 21.6 Å². The molecule has 0 aromatic heterocycles. The van der Waals surface area contributed by atoms with Crippen LogP contribution in [0.5, 0.6) is 5.75 Å². The Hall–Kier alpha value is -1.20. The molecule has 1 aromatic rings. The Morgan fingerprint density at radius 3 is 2.69 bits per heavy atom. The fraction of sp³-hybridized carbons (Fsp3) is 0.462. The molecule has 0 bridgehead atoms. The second kappa shape index (κ2) is 5.23. The molecule has 1 aromatic carbocycles. The van der Waals surface area contributed by atoms with Gasteiger partial charge in [0.2, 0.25) is 0 Å². The van der Waals surface area contributed by atoms with E-state index >= 15 is 0 Å². The maximum atomic E-state index is 8.53. The third kappa shape index (κ3) is 3.75. The van der Waals surface area contributed by atoms with Crippen molar-refractivity contribution >= 4 is 11.6 Å². The average Bonchev–Trinajstić information content (AvgIpc) is 2.25. The molecule has 0 N–H and O–H groups in total. The number of rotatable bonds is 3. The lowest BCUT2D eigenvalue weighted by atomic mass is 9.87. The molecular formula is C13H16ClNO. The topological polar surface area (TPSA) is 33.0 Å². The number of hydrogen-bond donors (Lipinski definition) is 0. The third-order valence-corrected chi connectivity index (χ3v) is 2.46. The zero-order valence-corrected chi connectivity index (χ0v) is 10.6. The van der Waals surface area contributed by atoms with Gasteiger partial charge in [0.15, 0.2) is 5.38 Å². The van der Waals surface area contributed by atoms with Gasteiger partial charge in [0.1, 0.15) is 12.4 Å². The minimum atomic E-state index is -0.599. The first-order valence-electron chi connectivity index (χ1n) is 5.20. The highest BCUT2D eigenvalue weighted by molar-refractivity contribution is 6.22. The normalized spacial score (nSPS) is 12.9. The first-order valence-corrected chi connectivity index (χ1v) is 5.64. The first kappa shape index (κ1) is 12.9. The van der Waals surface area contributed by atoms with Crippen molar-refractivity contribution in [3.05, 3.63) is 29.8 Å². The van der Waals surface area contributed by atoms with Crippen molar-refractivity contribution in [2.75, 3.05) is 6.61 Å². The number of ether oxygens (including phenoxy) is 1. The smallest absolute Gasteiger partial charge is 0.154 e. The maximum Gasteiger partial charge on any atom is 0.154 e. The Bertz CT molecular complexity index is 390. The number of alkyl halides is 1. The number of benzene rings is 1. The predicted molar refractivity (Wildman–Crippen MR) is 65.9 cm³/mol. The van der Waals surface area contributed by atoms with Gasteiger partial charge in [-0.1, -0.05) is 32.9 Å². The van der Waals surface area contributed by atoms with Gasteiger partial charge in [-0.05, 0) is 23.1 Å². The fourth-order valence-electron chi connectivity index (χ4n) is 1.26. The Morgan fingerprint density at radius 1 is 1.44 bits per heavy atom.